The summed E-state index contributed by atoms with van der Waals surface area (Å²) in [4.78, 5) is 11.2. The van der Waals surface area contributed by atoms with Crippen LogP contribution < -0.4 is 5.32 Å². The second-order valence-corrected chi connectivity index (χ2v) is 3.58. The van der Waals surface area contributed by atoms with Gasteiger partial charge in [0, 0.05) is 12.7 Å². The van der Waals surface area contributed by atoms with E-state index in [2.05, 4.69) is 24.3 Å². The minimum atomic E-state index is 0.00547. The Hall–Kier alpha value is -1.32. The number of likely N-dealkylation sites (N-methyl/N-ethyl adjacent to an activating group) is 1. The molecule has 0 aromatic carbocycles. The highest BCUT2D eigenvalue weighted by molar-refractivity contribution is 5.75. The summed E-state index contributed by atoms with van der Waals surface area (Å²) in [5, 5.41) is 6.85. The van der Waals surface area contributed by atoms with E-state index in [0.717, 1.165) is 5.56 Å². The highest BCUT2D eigenvalue weighted by Gasteiger charge is 2.05. The molecule has 4 nitrogen and oxygen atoms in total. The molecule has 0 saturated heterocycles. The predicted molar refractivity (Wildman–Crippen MR) is 55.0 cm³/mol. The first-order valence-electron chi connectivity index (χ1n) is 4.92. The van der Waals surface area contributed by atoms with Crippen molar-refractivity contribution in [3.05, 3.63) is 18.0 Å². The summed E-state index contributed by atoms with van der Waals surface area (Å²) in [6.45, 7) is 7.08. The van der Waals surface area contributed by atoms with Gasteiger partial charge in [-0.1, -0.05) is 13.8 Å². The van der Waals surface area contributed by atoms with Crippen LogP contribution in [0.4, 0.5) is 0 Å². The molecule has 1 amide bonds. The van der Waals surface area contributed by atoms with E-state index in [1.165, 1.54) is 0 Å². The van der Waals surface area contributed by atoms with Crippen molar-refractivity contribution in [2.24, 2.45) is 0 Å². The lowest BCUT2D eigenvalue weighted by Gasteiger charge is -2.02. The Morgan fingerprint density at radius 1 is 1.64 bits per heavy atom. The van der Waals surface area contributed by atoms with Gasteiger partial charge in [-0.05, 0) is 18.4 Å². The molecule has 1 aromatic rings. The quantitative estimate of drug-likeness (QED) is 0.783. The van der Waals surface area contributed by atoms with Crippen LogP contribution in [0.5, 0.6) is 0 Å². The zero-order valence-electron chi connectivity index (χ0n) is 8.95. The van der Waals surface area contributed by atoms with Crippen LogP contribution in [0.2, 0.25) is 0 Å². The molecule has 0 aliphatic heterocycles. The molecule has 1 rings (SSSR count). The largest absolute Gasteiger partial charge is 0.355 e. The summed E-state index contributed by atoms with van der Waals surface area (Å²) in [6, 6.07) is 0. The van der Waals surface area contributed by atoms with Crippen LogP contribution in [0.25, 0.3) is 0 Å². The number of nitrogens with one attached hydrogen (secondary N) is 1. The normalized spacial score (nSPS) is 10.6. The topological polar surface area (TPSA) is 46.9 Å². The molecule has 0 atom stereocenters. The van der Waals surface area contributed by atoms with Gasteiger partial charge in [0.1, 0.15) is 6.54 Å². The maximum atomic E-state index is 11.2. The SMILES string of the molecule is CCNC(=O)Cn1cc(C(C)C)cn1. The van der Waals surface area contributed by atoms with Gasteiger partial charge < -0.3 is 5.32 Å². The standard InChI is InChI=1S/C10H17N3O/c1-4-11-10(14)7-13-6-9(5-12-13)8(2)3/h5-6,8H,4,7H2,1-3H3,(H,11,14). The smallest absolute Gasteiger partial charge is 0.241 e. The van der Waals surface area contributed by atoms with Gasteiger partial charge in [0.2, 0.25) is 5.91 Å². The van der Waals surface area contributed by atoms with Gasteiger partial charge in [0.25, 0.3) is 0 Å². The molecule has 4 heteroatoms. The fourth-order valence-electron chi connectivity index (χ4n) is 1.16. The molecular weight excluding hydrogens is 178 g/mol. The van der Waals surface area contributed by atoms with Crippen LogP contribution in [0.15, 0.2) is 12.4 Å². The highest BCUT2D eigenvalue weighted by Crippen LogP contribution is 2.11. The van der Waals surface area contributed by atoms with E-state index in [0.29, 0.717) is 19.0 Å². The number of nitrogens with zero attached hydrogens (tertiary/aromatic N) is 2. The van der Waals surface area contributed by atoms with Crippen molar-refractivity contribution in [2.45, 2.75) is 33.2 Å². The van der Waals surface area contributed by atoms with Crippen molar-refractivity contribution in [2.75, 3.05) is 6.54 Å². The van der Waals surface area contributed by atoms with Crippen LogP contribution in [0.3, 0.4) is 0 Å². The number of hydrogen-bond acceptors (Lipinski definition) is 2. The number of carbonyl (C=O) groups excluding carboxylic acids is 1. The zero-order valence-corrected chi connectivity index (χ0v) is 8.95. The molecule has 14 heavy (non-hydrogen) atoms. The van der Waals surface area contributed by atoms with E-state index in [-0.39, 0.29) is 5.91 Å². The fraction of sp³-hybridized carbons (Fsp3) is 0.600. The lowest BCUT2D eigenvalue weighted by atomic mass is 10.1. The molecule has 0 aliphatic carbocycles. The van der Waals surface area contributed by atoms with Gasteiger partial charge in [-0.2, -0.15) is 5.10 Å². The average molecular weight is 195 g/mol. The predicted octanol–water partition coefficient (Wildman–Crippen LogP) is 1.14. The molecule has 0 radical (unpaired) electrons. The summed E-state index contributed by atoms with van der Waals surface area (Å²) >= 11 is 0. The van der Waals surface area contributed by atoms with Crippen molar-refractivity contribution in [3.63, 3.8) is 0 Å². The van der Waals surface area contributed by atoms with Gasteiger partial charge in [0.15, 0.2) is 0 Å². The Labute approximate surface area is 84.3 Å². The first kappa shape index (κ1) is 10.8. The third kappa shape index (κ3) is 2.87. The number of amides is 1. The minimum absolute atomic E-state index is 0.00547. The van der Waals surface area contributed by atoms with Crippen molar-refractivity contribution < 1.29 is 4.79 Å². The lowest BCUT2D eigenvalue weighted by Crippen LogP contribution is -2.27. The molecular formula is C10H17N3O. The van der Waals surface area contributed by atoms with Crippen molar-refractivity contribution >= 4 is 5.91 Å². The zero-order chi connectivity index (χ0) is 10.6. The maximum Gasteiger partial charge on any atom is 0.241 e. The van der Waals surface area contributed by atoms with Crippen LogP contribution >= 0.6 is 0 Å². The summed E-state index contributed by atoms with van der Waals surface area (Å²) < 4.78 is 1.67. The fourth-order valence-corrected chi connectivity index (χ4v) is 1.16. The Morgan fingerprint density at radius 2 is 2.36 bits per heavy atom. The molecule has 0 fully saturated rings. The molecule has 1 N–H and O–H groups in total. The Balaban J connectivity index is 2.55. The van der Waals surface area contributed by atoms with E-state index in [1.807, 2.05) is 19.3 Å². The Morgan fingerprint density at radius 3 is 2.86 bits per heavy atom. The highest BCUT2D eigenvalue weighted by atomic mass is 16.2. The molecule has 0 unspecified atom stereocenters. The first-order valence-corrected chi connectivity index (χ1v) is 4.92. The third-order valence-corrected chi connectivity index (χ3v) is 2.00. The summed E-state index contributed by atoms with van der Waals surface area (Å²) in [6.07, 6.45) is 3.73. The van der Waals surface area contributed by atoms with Crippen molar-refractivity contribution in [3.8, 4) is 0 Å². The molecule has 1 heterocycles. The Kier molecular flexibility index (Phi) is 3.68. The summed E-state index contributed by atoms with van der Waals surface area (Å²) in [5.74, 6) is 0.462. The van der Waals surface area contributed by atoms with Gasteiger partial charge >= 0.3 is 0 Å². The lowest BCUT2D eigenvalue weighted by molar-refractivity contribution is -0.121. The van der Waals surface area contributed by atoms with E-state index in [4.69, 9.17) is 0 Å². The van der Waals surface area contributed by atoms with Crippen LogP contribution in [0.1, 0.15) is 32.3 Å². The third-order valence-electron chi connectivity index (χ3n) is 2.00. The average Bonchev–Trinajstić information content (AvgIpc) is 2.53. The van der Waals surface area contributed by atoms with Crippen LogP contribution in [0, 0.1) is 0 Å². The van der Waals surface area contributed by atoms with Gasteiger partial charge in [0.05, 0.1) is 6.20 Å². The molecule has 0 saturated carbocycles. The van der Waals surface area contributed by atoms with Crippen molar-refractivity contribution in [1.29, 1.82) is 0 Å². The minimum Gasteiger partial charge on any atom is -0.355 e. The number of aromatic nitrogens is 2. The number of hydrogen-bond donors (Lipinski definition) is 1. The van der Waals surface area contributed by atoms with Crippen LogP contribution in [-0.4, -0.2) is 22.2 Å². The monoisotopic (exact) mass is 195 g/mol. The van der Waals surface area contributed by atoms with Gasteiger partial charge in [-0.15, -0.1) is 0 Å². The van der Waals surface area contributed by atoms with E-state index in [1.54, 1.807) is 4.68 Å². The molecule has 0 bridgehead atoms. The number of rotatable bonds is 4. The molecule has 1 aromatic heterocycles. The van der Waals surface area contributed by atoms with Crippen molar-refractivity contribution in [1.82, 2.24) is 15.1 Å². The second kappa shape index (κ2) is 4.79. The molecule has 78 valence electrons. The van der Waals surface area contributed by atoms with E-state index >= 15 is 0 Å². The first-order chi connectivity index (χ1) is 6.63. The van der Waals surface area contributed by atoms with E-state index in [9.17, 15) is 4.79 Å². The van der Waals surface area contributed by atoms with E-state index < -0.39 is 0 Å². The Bertz CT molecular complexity index is 304. The molecule has 0 spiro atoms. The maximum absolute atomic E-state index is 11.2. The molecule has 0 aliphatic rings. The van der Waals surface area contributed by atoms with Gasteiger partial charge in [-0.25, -0.2) is 0 Å². The second-order valence-electron chi connectivity index (χ2n) is 3.58. The summed E-state index contributed by atoms with van der Waals surface area (Å²) in [5.41, 5.74) is 1.16. The van der Waals surface area contributed by atoms with Gasteiger partial charge in [-0.3, -0.25) is 9.48 Å². The number of carbonyl (C=O) groups is 1. The van der Waals surface area contributed by atoms with Crippen LogP contribution in [-0.2, 0) is 11.3 Å². The summed E-state index contributed by atoms with van der Waals surface area (Å²) in [7, 11) is 0.